The average Bonchev–Trinajstić information content (AvgIpc) is 3.66. The minimum Gasteiger partial charge on any atom is -0.436 e. The number of pyridine rings is 1. The van der Waals surface area contributed by atoms with Gasteiger partial charge in [0, 0.05) is 54.4 Å². The average molecular weight is 540 g/mol. The summed E-state index contributed by atoms with van der Waals surface area (Å²) in [5.41, 5.74) is 2.80. The fraction of sp³-hybridized carbons (Fsp3) is 0.464. The molecule has 3 fully saturated rings. The number of fused-ring (bicyclic) bond motifs is 1. The summed E-state index contributed by atoms with van der Waals surface area (Å²) in [7, 11) is 2.14. The van der Waals surface area contributed by atoms with Crippen molar-refractivity contribution in [1.82, 2.24) is 24.8 Å². The van der Waals surface area contributed by atoms with Crippen molar-refractivity contribution in [3.05, 3.63) is 58.3 Å². The van der Waals surface area contributed by atoms with Crippen LogP contribution in [0.4, 0.5) is 5.95 Å². The second-order valence-corrected chi connectivity index (χ2v) is 11.5. The number of ether oxygens (including phenoxy) is 1. The molecule has 3 aliphatic rings. The largest absolute Gasteiger partial charge is 0.436 e. The molecule has 194 valence electrons. The molecule has 2 aromatic heterocycles. The first-order valence-corrected chi connectivity index (χ1v) is 13.9. The van der Waals surface area contributed by atoms with Gasteiger partial charge in [-0.1, -0.05) is 23.2 Å². The normalized spacial score (nSPS) is 22.4. The van der Waals surface area contributed by atoms with Crippen molar-refractivity contribution in [3.8, 4) is 22.9 Å². The van der Waals surface area contributed by atoms with Gasteiger partial charge in [-0.05, 0) is 81.1 Å². The third-order valence-corrected chi connectivity index (χ3v) is 8.19. The lowest BCUT2D eigenvalue weighted by molar-refractivity contribution is 0.266. The molecule has 1 aromatic carbocycles. The summed E-state index contributed by atoms with van der Waals surface area (Å²) >= 11 is 12.6. The van der Waals surface area contributed by atoms with Crippen molar-refractivity contribution in [2.45, 2.75) is 25.8 Å². The Hall–Kier alpha value is -2.45. The second-order valence-electron chi connectivity index (χ2n) is 10.6. The molecule has 6 rings (SSSR count). The molecule has 2 atom stereocenters. The van der Waals surface area contributed by atoms with E-state index in [0.29, 0.717) is 21.7 Å². The van der Waals surface area contributed by atoms with E-state index in [1.165, 1.54) is 19.3 Å². The van der Waals surface area contributed by atoms with Gasteiger partial charge < -0.3 is 14.5 Å². The summed E-state index contributed by atoms with van der Waals surface area (Å²) in [4.78, 5) is 21.0. The number of likely N-dealkylation sites (N-methyl/N-ethyl adjacent to an activating group) is 1. The highest BCUT2D eigenvalue weighted by molar-refractivity contribution is 6.35. The standard InChI is InChI=1S/C28H32Cl2N6O/c1-34-6-8-36(9-7-34)28-31-16-25(17-32-28)37-27-11-19(18-35-4-2-20-12-21(20)3-5-35)10-26(33-27)22-13-23(29)15-24(30)14-22/h10-11,13-17,20-21H,2-9,12,18H2,1H3/t20-,21+. The number of halogens is 2. The fourth-order valence-corrected chi connectivity index (χ4v) is 5.97. The summed E-state index contributed by atoms with van der Waals surface area (Å²) in [6, 6.07) is 9.65. The van der Waals surface area contributed by atoms with Gasteiger partial charge in [0.2, 0.25) is 11.8 Å². The van der Waals surface area contributed by atoms with Gasteiger partial charge in [-0.2, -0.15) is 0 Å². The maximum atomic E-state index is 6.31. The van der Waals surface area contributed by atoms with Crippen LogP contribution in [0.3, 0.4) is 0 Å². The molecule has 0 radical (unpaired) electrons. The van der Waals surface area contributed by atoms with E-state index in [4.69, 9.17) is 32.9 Å². The molecule has 37 heavy (non-hydrogen) atoms. The zero-order valence-electron chi connectivity index (χ0n) is 21.1. The van der Waals surface area contributed by atoms with Gasteiger partial charge in [-0.25, -0.2) is 15.0 Å². The van der Waals surface area contributed by atoms with Crippen LogP contribution < -0.4 is 9.64 Å². The Morgan fingerprint density at radius 2 is 1.54 bits per heavy atom. The minimum atomic E-state index is 0.511. The van der Waals surface area contributed by atoms with Crippen molar-refractivity contribution in [1.29, 1.82) is 0 Å². The lowest BCUT2D eigenvalue weighted by Crippen LogP contribution is -2.45. The summed E-state index contributed by atoms with van der Waals surface area (Å²) in [5, 5.41) is 1.16. The van der Waals surface area contributed by atoms with Gasteiger partial charge in [0.25, 0.3) is 0 Å². The van der Waals surface area contributed by atoms with E-state index in [9.17, 15) is 0 Å². The molecule has 2 aliphatic heterocycles. The van der Waals surface area contributed by atoms with Crippen molar-refractivity contribution in [2.75, 3.05) is 51.2 Å². The number of rotatable bonds is 6. The molecule has 0 amide bonds. The first-order chi connectivity index (χ1) is 18.0. The van der Waals surface area contributed by atoms with Crippen LogP contribution in [0.5, 0.6) is 11.6 Å². The molecule has 7 nitrogen and oxygen atoms in total. The first-order valence-electron chi connectivity index (χ1n) is 13.1. The Balaban J connectivity index is 1.24. The smallest absolute Gasteiger partial charge is 0.225 e. The highest BCUT2D eigenvalue weighted by atomic mass is 35.5. The van der Waals surface area contributed by atoms with E-state index in [1.807, 2.05) is 18.2 Å². The molecule has 0 bridgehead atoms. The Morgan fingerprint density at radius 3 is 2.22 bits per heavy atom. The van der Waals surface area contributed by atoms with Crippen molar-refractivity contribution in [3.63, 3.8) is 0 Å². The summed E-state index contributed by atoms with van der Waals surface area (Å²) in [6.45, 7) is 6.99. The SMILES string of the molecule is CN1CCN(c2ncc(Oc3cc(CN4CC[C@@H]5C[C@@H]5CC4)cc(-c4cc(Cl)cc(Cl)c4)n3)cn2)CC1. The summed E-state index contributed by atoms with van der Waals surface area (Å²) in [5.74, 6) is 3.69. The number of aromatic nitrogens is 3. The topological polar surface area (TPSA) is 57.6 Å². The number of likely N-dealkylation sites (tertiary alicyclic amines) is 1. The quantitative estimate of drug-likeness (QED) is 0.403. The zero-order chi connectivity index (χ0) is 25.4. The Labute approximate surface area is 228 Å². The van der Waals surface area contributed by atoms with E-state index >= 15 is 0 Å². The van der Waals surface area contributed by atoms with E-state index in [0.717, 1.165) is 80.4 Å². The Kier molecular flexibility index (Phi) is 7.21. The molecule has 0 N–H and O–H groups in total. The monoisotopic (exact) mass is 538 g/mol. The molecule has 1 saturated carbocycles. The van der Waals surface area contributed by atoms with E-state index < -0.39 is 0 Å². The third kappa shape index (κ3) is 6.17. The lowest BCUT2D eigenvalue weighted by Gasteiger charge is -2.32. The number of hydrogen-bond donors (Lipinski definition) is 0. The van der Waals surface area contributed by atoms with Crippen LogP contribution in [-0.4, -0.2) is 71.1 Å². The maximum absolute atomic E-state index is 6.31. The number of anilines is 1. The molecular formula is C28H32Cl2N6O. The predicted molar refractivity (Wildman–Crippen MR) is 148 cm³/mol. The van der Waals surface area contributed by atoms with Crippen LogP contribution in [0.2, 0.25) is 10.0 Å². The van der Waals surface area contributed by atoms with E-state index in [1.54, 1.807) is 18.5 Å². The predicted octanol–water partition coefficient (Wildman–Crippen LogP) is 5.62. The molecule has 9 heteroatoms. The third-order valence-electron chi connectivity index (χ3n) is 7.75. The number of benzene rings is 1. The van der Waals surface area contributed by atoms with E-state index in [2.05, 4.69) is 37.8 Å². The summed E-state index contributed by atoms with van der Waals surface area (Å²) in [6.07, 6.45) is 7.48. The zero-order valence-corrected chi connectivity index (χ0v) is 22.6. The van der Waals surface area contributed by atoms with Crippen molar-refractivity contribution in [2.24, 2.45) is 11.8 Å². The van der Waals surface area contributed by atoms with Crippen LogP contribution in [0, 0.1) is 11.8 Å². The first kappa shape index (κ1) is 24.9. The molecule has 3 aromatic rings. The molecule has 4 heterocycles. The highest BCUT2D eigenvalue weighted by Gasteiger charge is 2.38. The molecule has 2 saturated heterocycles. The highest BCUT2D eigenvalue weighted by Crippen LogP contribution is 2.45. The molecule has 0 spiro atoms. The number of hydrogen-bond acceptors (Lipinski definition) is 7. The van der Waals surface area contributed by atoms with Crippen LogP contribution in [-0.2, 0) is 6.54 Å². The number of piperazine rings is 1. The fourth-order valence-electron chi connectivity index (χ4n) is 5.45. The maximum Gasteiger partial charge on any atom is 0.225 e. The number of nitrogens with zero attached hydrogens (tertiary/aromatic N) is 6. The van der Waals surface area contributed by atoms with Crippen molar-refractivity contribution < 1.29 is 4.74 Å². The minimum absolute atomic E-state index is 0.511. The van der Waals surface area contributed by atoms with Gasteiger partial charge >= 0.3 is 0 Å². The van der Waals surface area contributed by atoms with Gasteiger partial charge in [0.05, 0.1) is 18.1 Å². The Morgan fingerprint density at radius 1 is 0.865 bits per heavy atom. The van der Waals surface area contributed by atoms with Crippen molar-refractivity contribution >= 4 is 29.2 Å². The van der Waals surface area contributed by atoms with E-state index in [-0.39, 0.29) is 0 Å². The molecular weight excluding hydrogens is 507 g/mol. The molecule has 1 aliphatic carbocycles. The summed E-state index contributed by atoms with van der Waals surface area (Å²) < 4.78 is 6.19. The van der Waals surface area contributed by atoms with Crippen LogP contribution in [0.1, 0.15) is 24.8 Å². The van der Waals surface area contributed by atoms with Gasteiger partial charge in [-0.3, -0.25) is 4.90 Å². The van der Waals surface area contributed by atoms with Crippen LogP contribution >= 0.6 is 23.2 Å². The Bertz CT molecular complexity index is 1220. The van der Waals surface area contributed by atoms with Crippen LogP contribution in [0.25, 0.3) is 11.3 Å². The van der Waals surface area contributed by atoms with Gasteiger partial charge in [0.15, 0.2) is 5.75 Å². The van der Waals surface area contributed by atoms with Crippen LogP contribution in [0.15, 0.2) is 42.7 Å². The molecule has 0 unspecified atom stereocenters. The second kappa shape index (κ2) is 10.7. The van der Waals surface area contributed by atoms with Gasteiger partial charge in [0.1, 0.15) is 0 Å². The van der Waals surface area contributed by atoms with Gasteiger partial charge in [-0.15, -0.1) is 0 Å². The lowest BCUT2D eigenvalue weighted by atomic mass is 10.1.